The van der Waals surface area contributed by atoms with Crippen molar-refractivity contribution in [2.24, 2.45) is 0 Å². The summed E-state index contributed by atoms with van der Waals surface area (Å²) in [5, 5.41) is 3.51. The van der Waals surface area contributed by atoms with Gasteiger partial charge in [0.1, 0.15) is 0 Å². The molecule has 0 aliphatic carbocycles. The Balaban J connectivity index is 2.47. The number of methoxy groups -OCH3 is 1. The molecule has 0 heterocycles. The van der Waals surface area contributed by atoms with Crippen molar-refractivity contribution in [1.82, 2.24) is 0 Å². The molecule has 0 atom stereocenters. The van der Waals surface area contributed by atoms with Crippen LogP contribution in [0, 0.1) is 0 Å². The fraction of sp³-hybridized carbons (Fsp3) is 0.143. The van der Waals surface area contributed by atoms with Crippen molar-refractivity contribution in [3.8, 4) is 0 Å². The molecule has 0 spiro atoms. The van der Waals surface area contributed by atoms with E-state index in [-0.39, 0.29) is 0 Å². The Kier molecular flexibility index (Phi) is 4.82. The molecule has 124 valence electrons. The Morgan fingerprint density at radius 2 is 0.917 bits per heavy atom. The average molecular weight is 338 g/mol. The van der Waals surface area contributed by atoms with E-state index in [4.69, 9.17) is 9.26 Å². The quantitative estimate of drug-likeness (QED) is 0.638. The molecule has 0 saturated carbocycles. The summed E-state index contributed by atoms with van der Waals surface area (Å²) in [6.45, 7) is -3.18. The van der Waals surface area contributed by atoms with Crippen molar-refractivity contribution >= 4 is 22.7 Å². The Hall–Kier alpha value is -1.99. The van der Waals surface area contributed by atoms with Gasteiger partial charge in [-0.05, 0) is 0 Å². The van der Waals surface area contributed by atoms with Crippen LogP contribution in [0.15, 0.2) is 91.0 Å². The molecule has 3 aromatic carbocycles. The third kappa shape index (κ3) is 2.39. The summed E-state index contributed by atoms with van der Waals surface area (Å²) in [5.41, 5.74) is 0. The van der Waals surface area contributed by atoms with Gasteiger partial charge in [-0.2, -0.15) is 0 Å². The normalized spacial score (nSPS) is 13.2. The minimum atomic E-state index is -3.18. The van der Waals surface area contributed by atoms with Gasteiger partial charge in [-0.3, -0.25) is 0 Å². The molecule has 0 N–H and O–H groups in total. The first-order chi connectivity index (χ1) is 11.8. The second kappa shape index (κ2) is 6.86. The van der Waals surface area contributed by atoms with Crippen molar-refractivity contribution in [3.05, 3.63) is 91.0 Å². The molecule has 0 saturated heterocycles. The van der Waals surface area contributed by atoms with Crippen LogP contribution >= 0.6 is 6.83 Å². The molecule has 2 nitrogen and oxygen atoms in total. The molecule has 0 amide bonds. The number of rotatable bonds is 6. The summed E-state index contributed by atoms with van der Waals surface area (Å²) >= 11 is 0. The van der Waals surface area contributed by atoms with Gasteiger partial charge in [-0.1, -0.05) is 0 Å². The van der Waals surface area contributed by atoms with Crippen LogP contribution in [0.1, 0.15) is 0 Å². The maximum absolute atomic E-state index is 6.53. The molecule has 0 aliphatic rings. The molecule has 3 rings (SSSR count). The van der Waals surface area contributed by atoms with E-state index in [1.807, 2.05) is 25.3 Å². The maximum atomic E-state index is 6.53. The summed E-state index contributed by atoms with van der Waals surface area (Å²) in [7, 11) is 3.55. The first-order valence-electron chi connectivity index (χ1n) is 8.01. The molecular formula is C21H23O2P. The van der Waals surface area contributed by atoms with Gasteiger partial charge in [0.25, 0.3) is 0 Å². The van der Waals surface area contributed by atoms with E-state index in [1.54, 1.807) is 7.11 Å². The van der Waals surface area contributed by atoms with Crippen molar-refractivity contribution < 1.29 is 9.26 Å². The van der Waals surface area contributed by atoms with Crippen molar-refractivity contribution in [1.29, 1.82) is 0 Å². The standard InChI is InChI=1S/C21H23O2P/c1-22-18-24(23-2,19-12-6-3-7-13-19,20-14-8-4-9-15-20)21-16-10-5-11-17-21/h3-17H,18H2,1-2H3. The first-order valence-corrected chi connectivity index (χ1v) is 10.3. The van der Waals surface area contributed by atoms with Crippen LogP contribution in [-0.2, 0) is 9.26 Å². The summed E-state index contributed by atoms with van der Waals surface area (Å²) in [5.74, 6) is 0. The number of hydrogen-bond donors (Lipinski definition) is 0. The Labute approximate surface area is 144 Å². The number of ether oxygens (including phenoxy) is 1. The van der Waals surface area contributed by atoms with Crippen LogP contribution in [0.2, 0.25) is 0 Å². The van der Waals surface area contributed by atoms with E-state index >= 15 is 0 Å². The summed E-state index contributed by atoms with van der Waals surface area (Å²) < 4.78 is 12.3. The van der Waals surface area contributed by atoms with Crippen molar-refractivity contribution in [2.45, 2.75) is 0 Å². The zero-order chi connectivity index (χ0) is 16.9. The van der Waals surface area contributed by atoms with E-state index in [0.717, 1.165) is 0 Å². The van der Waals surface area contributed by atoms with Gasteiger partial charge in [0, 0.05) is 0 Å². The van der Waals surface area contributed by atoms with Crippen molar-refractivity contribution in [2.75, 3.05) is 20.6 Å². The van der Waals surface area contributed by atoms with E-state index in [1.165, 1.54) is 15.9 Å². The first kappa shape index (κ1) is 16.9. The fourth-order valence-corrected chi connectivity index (χ4v) is 8.50. The molecule has 0 aromatic heterocycles. The van der Waals surface area contributed by atoms with Crippen molar-refractivity contribution in [3.63, 3.8) is 0 Å². The van der Waals surface area contributed by atoms with E-state index in [9.17, 15) is 0 Å². The van der Waals surface area contributed by atoms with E-state index in [0.29, 0.717) is 6.35 Å². The summed E-state index contributed by atoms with van der Waals surface area (Å²) in [6, 6.07) is 31.4. The number of benzene rings is 3. The average Bonchev–Trinajstić information content (AvgIpc) is 2.69. The van der Waals surface area contributed by atoms with Crippen LogP contribution in [0.25, 0.3) is 0 Å². The van der Waals surface area contributed by atoms with E-state index in [2.05, 4.69) is 72.8 Å². The predicted molar refractivity (Wildman–Crippen MR) is 104 cm³/mol. The van der Waals surface area contributed by atoms with Crippen LogP contribution in [0.4, 0.5) is 0 Å². The second-order valence-electron chi connectivity index (χ2n) is 5.82. The van der Waals surface area contributed by atoms with Crippen LogP contribution in [-0.4, -0.2) is 20.6 Å². The van der Waals surface area contributed by atoms with Gasteiger partial charge < -0.3 is 0 Å². The Morgan fingerprint density at radius 1 is 0.583 bits per heavy atom. The Morgan fingerprint density at radius 3 is 1.17 bits per heavy atom. The zero-order valence-electron chi connectivity index (χ0n) is 14.1. The van der Waals surface area contributed by atoms with Gasteiger partial charge in [-0.25, -0.2) is 0 Å². The van der Waals surface area contributed by atoms with Gasteiger partial charge in [0.05, 0.1) is 0 Å². The molecule has 0 bridgehead atoms. The third-order valence-electron chi connectivity index (χ3n) is 4.69. The molecule has 3 heteroatoms. The van der Waals surface area contributed by atoms with Gasteiger partial charge >= 0.3 is 144 Å². The van der Waals surface area contributed by atoms with Crippen LogP contribution in [0.3, 0.4) is 0 Å². The molecule has 24 heavy (non-hydrogen) atoms. The van der Waals surface area contributed by atoms with Gasteiger partial charge in [0.15, 0.2) is 0 Å². The summed E-state index contributed by atoms with van der Waals surface area (Å²) in [4.78, 5) is 0. The Bertz CT molecular complexity index is 673. The zero-order valence-corrected chi connectivity index (χ0v) is 15.0. The SMILES string of the molecule is COCP(OC)(c1ccccc1)(c1ccccc1)c1ccccc1. The van der Waals surface area contributed by atoms with Gasteiger partial charge in [-0.15, -0.1) is 0 Å². The summed E-state index contributed by atoms with van der Waals surface area (Å²) in [6.07, 6.45) is 0.500. The monoisotopic (exact) mass is 338 g/mol. The van der Waals surface area contributed by atoms with Crippen LogP contribution in [0.5, 0.6) is 0 Å². The topological polar surface area (TPSA) is 18.5 Å². The third-order valence-corrected chi connectivity index (χ3v) is 10.4. The van der Waals surface area contributed by atoms with E-state index < -0.39 is 6.83 Å². The molecule has 0 radical (unpaired) electrons. The molecule has 3 aromatic rings. The minimum absolute atomic E-state index is 0.500. The molecule has 0 unspecified atom stereocenters. The molecular weight excluding hydrogens is 315 g/mol. The second-order valence-corrected chi connectivity index (χ2v) is 10.4. The van der Waals surface area contributed by atoms with Crippen LogP contribution < -0.4 is 15.9 Å². The number of hydrogen-bond acceptors (Lipinski definition) is 2. The molecule has 0 fully saturated rings. The fourth-order valence-electron chi connectivity index (χ4n) is 3.52. The van der Waals surface area contributed by atoms with Gasteiger partial charge in [0.2, 0.25) is 0 Å². The predicted octanol–water partition coefficient (Wildman–Crippen LogP) is 3.68. The molecule has 0 aliphatic heterocycles.